The summed E-state index contributed by atoms with van der Waals surface area (Å²) in [5.74, 6) is 0.906. The molecule has 0 saturated heterocycles. The summed E-state index contributed by atoms with van der Waals surface area (Å²) < 4.78 is 5.65. The molecule has 0 aliphatic heterocycles. The van der Waals surface area contributed by atoms with Gasteiger partial charge in [-0.05, 0) is 43.2 Å². The lowest BCUT2D eigenvalue weighted by molar-refractivity contribution is 0.341. The predicted molar refractivity (Wildman–Crippen MR) is 72.2 cm³/mol. The van der Waals surface area contributed by atoms with Gasteiger partial charge in [-0.2, -0.15) is 0 Å². The number of nitrogens with two attached hydrogens (primary N) is 1. The van der Waals surface area contributed by atoms with Crippen molar-refractivity contribution >= 4 is 5.69 Å². The van der Waals surface area contributed by atoms with Gasteiger partial charge < -0.3 is 10.5 Å². The summed E-state index contributed by atoms with van der Waals surface area (Å²) in [4.78, 5) is 0. The van der Waals surface area contributed by atoms with Gasteiger partial charge in [0.1, 0.15) is 5.75 Å². The molecular formula is C15H17NO. The van der Waals surface area contributed by atoms with Gasteiger partial charge in [0, 0.05) is 11.3 Å². The first kappa shape index (κ1) is 11.5. The molecule has 0 atom stereocenters. The van der Waals surface area contributed by atoms with Gasteiger partial charge in [-0.3, -0.25) is 0 Å². The predicted octanol–water partition coefficient (Wildman–Crippen LogP) is 3.64. The zero-order chi connectivity index (χ0) is 12.3. The monoisotopic (exact) mass is 227 g/mol. The second kappa shape index (κ2) is 4.91. The summed E-state index contributed by atoms with van der Waals surface area (Å²) in [6.45, 7) is 4.73. The molecule has 2 rings (SSSR count). The zero-order valence-corrected chi connectivity index (χ0v) is 10.2. The molecule has 0 radical (unpaired) electrons. The van der Waals surface area contributed by atoms with Crippen molar-refractivity contribution in [3.63, 3.8) is 0 Å². The highest BCUT2D eigenvalue weighted by Gasteiger charge is 2.08. The third-order valence-electron chi connectivity index (χ3n) is 2.74. The third kappa shape index (κ3) is 2.41. The van der Waals surface area contributed by atoms with E-state index in [0.717, 1.165) is 22.6 Å². The average Bonchev–Trinajstić information content (AvgIpc) is 2.34. The minimum atomic E-state index is 0.665. The summed E-state index contributed by atoms with van der Waals surface area (Å²) in [6.07, 6.45) is 0. The molecule has 0 heterocycles. The average molecular weight is 227 g/mol. The quantitative estimate of drug-likeness (QED) is 0.812. The fourth-order valence-corrected chi connectivity index (χ4v) is 1.90. The number of benzene rings is 2. The van der Waals surface area contributed by atoms with Gasteiger partial charge in [-0.15, -0.1) is 0 Å². The molecule has 0 aliphatic carbocycles. The van der Waals surface area contributed by atoms with Crippen LogP contribution in [0.2, 0.25) is 0 Å². The van der Waals surface area contributed by atoms with Crippen LogP contribution >= 0.6 is 0 Å². The van der Waals surface area contributed by atoms with Crippen LogP contribution in [-0.2, 0) is 0 Å². The van der Waals surface area contributed by atoms with E-state index in [1.165, 1.54) is 5.56 Å². The Balaban J connectivity index is 2.55. The van der Waals surface area contributed by atoms with E-state index in [2.05, 4.69) is 13.0 Å². The van der Waals surface area contributed by atoms with Gasteiger partial charge in [-0.1, -0.05) is 24.3 Å². The standard InChI is InChI=1S/C15H17NO/c1-3-17-15-7-5-4-6-13(15)14-10-12(16)9-8-11(14)2/h4-10H,3,16H2,1-2H3. The molecule has 2 nitrogen and oxygen atoms in total. The SMILES string of the molecule is CCOc1ccccc1-c1cc(N)ccc1C. The maximum absolute atomic E-state index is 5.85. The highest BCUT2D eigenvalue weighted by molar-refractivity contribution is 5.75. The van der Waals surface area contributed by atoms with Crippen molar-refractivity contribution in [1.29, 1.82) is 0 Å². The van der Waals surface area contributed by atoms with Crippen LogP contribution in [0.15, 0.2) is 42.5 Å². The number of ether oxygens (including phenoxy) is 1. The van der Waals surface area contributed by atoms with Gasteiger partial charge in [0.15, 0.2) is 0 Å². The van der Waals surface area contributed by atoms with Gasteiger partial charge >= 0.3 is 0 Å². The Morgan fingerprint density at radius 1 is 1.06 bits per heavy atom. The minimum Gasteiger partial charge on any atom is -0.493 e. The van der Waals surface area contributed by atoms with Crippen LogP contribution in [0.5, 0.6) is 5.75 Å². The third-order valence-corrected chi connectivity index (χ3v) is 2.74. The van der Waals surface area contributed by atoms with Crippen molar-refractivity contribution < 1.29 is 4.74 Å². The van der Waals surface area contributed by atoms with Gasteiger partial charge in [0.05, 0.1) is 6.61 Å². The Morgan fingerprint density at radius 3 is 2.59 bits per heavy atom. The molecule has 2 aromatic rings. The Bertz CT molecular complexity index is 520. The smallest absolute Gasteiger partial charge is 0.127 e. The Hall–Kier alpha value is -1.96. The van der Waals surface area contributed by atoms with Gasteiger partial charge in [0.2, 0.25) is 0 Å². The zero-order valence-electron chi connectivity index (χ0n) is 10.2. The first-order chi connectivity index (χ1) is 8.22. The van der Waals surface area contributed by atoms with Crippen LogP contribution in [0.4, 0.5) is 5.69 Å². The second-order valence-electron chi connectivity index (χ2n) is 4.00. The molecule has 0 aromatic heterocycles. The normalized spacial score (nSPS) is 10.2. The van der Waals surface area contributed by atoms with Crippen LogP contribution in [0.1, 0.15) is 12.5 Å². The Kier molecular flexibility index (Phi) is 3.33. The maximum atomic E-state index is 5.85. The van der Waals surface area contributed by atoms with Crippen molar-refractivity contribution in [3.8, 4) is 16.9 Å². The molecule has 0 spiro atoms. The molecule has 2 N–H and O–H groups in total. The van der Waals surface area contributed by atoms with Crippen LogP contribution in [0.3, 0.4) is 0 Å². The molecule has 88 valence electrons. The molecule has 2 heteroatoms. The topological polar surface area (TPSA) is 35.2 Å². The molecule has 2 aromatic carbocycles. The largest absolute Gasteiger partial charge is 0.493 e. The number of rotatable bonds is 3. The van der Waals surface area contributed by atoms with Gasteiger partial charge in [0.25, 0.3) is 0 Å². The lowest BCUT2D eigenvalue weighted by Crippen LogP contribution is -1.95. The molecule has 0 unspecified atom stereocenters. The van der Waals surface area contributed by atoms with Crippen LogP contribution in [-0.4, -0.2) is 6.61 Å². The number of nitrogen functional groups attached to an aromatic ring is 1. The van der Waals surface area contributed by atoms with E-state index in [-0.39, 0.29) is 0 Å². The van der Waals surface area contributed by atoms with E-state index in [1.54, 1.807) is 0 Å². The molecule has 0 saturated carbocycles. The Labute approximate surface area is 102 Å². The number of hydrogen-bond acceptors (Lipinski definition) is 2. The van der Waals surface area contributed by atoms with Crippen LogP contribution in [0, 0.1) is 6.92 Å². The molecule has 0 aliphatic rings. The van der Waals surface area contributed by atoms with Crippen molar-refractivity contribution in [2.75, 3.05) is 12.3 Å². The summed E-state index contributed by atoms with van der Waals surface area (Å²) in [5, 5.41) is 0. The van der Waals surface area contributed by atoms with E-state index in [1.807, 2.05) is 43.3 Å². The molecule has 0 bridgehead atoms. The Morgan fingerprint density at radius 2 is 1.82 bits per heavy atom. The maximum Gasteiger partial charge on any atom is 0.127 e. The number of aryl methyl sites for hydroxylation is 1. The molecular weight excluding hydrogens is 210 g/mol. The van der Waals surface area contributed by atoms with Crippen molar-refractivity contribution in [3.05, 3.63) is 48.0 Å². The number of hydrogen-bond donors (Lipinski definition) is 1. The van der Waals surface area contributed by atoms with Crippen molar-refractivity contribution in [1.82, 2.24) is 0 Å². The van der Waals surface area contributed by atoms with E-state index < -0.39 is 0 Å². The summed E-state index contributed by atoms with van der Waals surface area (Å²) in [7, 11) is 0. The highest BCUT2D eigenvalue weighted by atomic mass is 16.5. The van der Waals surface area contributed by atoms with Crippen molar-refractivity contribution in [2.24, 2.45) is 0 Å². The van der Waals surface area contributed by atoms with E-state index in [9.17, 15) is 0 Å². The van der Waals surface area contributed by atoms with Crippen molar-refractivity contribution in [2.45, 2.75) is 13.8 Å². The van der Waals surface area contributed by atoms with Gasteiger partial charge in [-0.25, -0.2) is 0 Å². The summed E-state index contributed by atoms with van der Waals surface area (Å²) in [6, 6.07) is 14.0. The van der Waals surface area contributed by atoms with E-state index in [4.69, 9.17) is 10.5 Å². The fourth-order valence-electron chi connectivity index (χ4n) is 1.90. The molecule has 17 heavy (non-hydrogen) atoms. The first-order valence-corrected chi connectivity index (χ1v) is 5.80. The van der Waals surface area contributed by atoms with Crippen LogP contribution in [0.25, 0.3) is 11.1 Å². The summed E-state index contributed by atoms with van der Waals surface area (Å²) >= 11 is 0. The minimum absolute atomic E-state index is 0.665. The van der Waals surface area contributed by atoms with E-state index >= 15 is 0 Å². The highest BCUT2D eigenvalue weighted by Crippen LogP contribution is 2.33. The first-order valence-electron chi connectivity index (χ1n) is 5.80. The lowest BCUT2D eigenvalue weighted by Gasteiger charge is -2.12. The lowest BCUT2D eigenvalue weighted by atomic mass is 9.99. The van der Waals surface area contributed by atoms with E-state index in [0.29, 0.717) is 6.61 Å². The number of para-hydroxylation sites is 1. The van der Waals surface area contributed by atoms with Crippen LogP contribution < -0.4 is 10.5 Å². The summed E-state index contributed by atoms with van der Waals surface area (Å²) in [5.41, 5.74) is 10.1. The fraction of sp³-hybridized carbons (Fsp3) is 0.200. The molecule has 0 fully saturated rings. The number of anilines is 1. The second-order valence-corrected chi connectivity index (χ2v) is 4.00. The molecule has 0 amide bonds.